The van der Waals surface area contributed by atoms with Crippen molar-refractivity contribution in [2.45, 2.75) is 24.3 Å². The summed E-state index contributed by atoms with van der Waals surface area (Å²) in [5.74, 6) is 0.906. The van der Waals surface area contributed by atoms with E-state index in [0.717, 1.165) is 24.3 Å². The average Bonchev–Trinajstić information content (AvgIpc) is 2.74. The van der Waals surface area contributed by atoms with Crippen molar-refractivity contribution in [3.8, 4) is 16.9 Å². The fraction of sp³-hybridized carbons (Fsp3) is 0.250. The molecule has 0 aliphatic heterocycles. The number of nitrogens with one attached hydrogen (secondary N) is 1. The number of thioether (sulfide) groups is 1. The average molecular weight is 378 g/mol. The Balaban J connectivity index is 1.57. The lowest BCUT2D eigenvalue weighted by Gasteiger charge is -2.15. The van der Waals surface area contributed by atoms with Crippen LogP contribution in [0.15, 0.2) is 77.7 Å². The zero-order valence-corrected chi connectivity index (χ0v) is 17.1. The van der Waals surface area contributed by atoms with Crippen LogP contribution in [0.2, 0.25) is 0 Å². The van der Waals surface area contributed by atoms with Crippen LogP contribution in [-0.2, 0) is 6.42 Å². The monoisotopic (exact) mass is 377 g/mol. The van der Waals surface area contributed by atoms with E-state index in [-0.39, 0.29) is 0 Å². The van der Waals surface area contributed by atoms with Crippen LogP contribution in [0.4, 0.5) is 0 Å². The first-order valence-electron chi connectivity index (χ1n) is 9.31. The predicted octanol–water partition coefficient (Wildman–Crippen LogP) is 5.98. The summed E-state index contributed by atoms with van der Waals surface area (Å²) in [6, 6.07) is 26.0. The summed E-state index contributed by atoms with van der Waals surface area (Å²) < 4.78 is 5.47. The molecular weight excluding hydrogens is 350 g/mol. The van der Waals surface area contributed by atoms with Crippen molar-refractivity contribution in [3.63, 3.8) is 0 Å². The Bertz CT molecular complexity index is 843. The molecule has 0 amide bonds. The normalized spacial score (nSPS) is 12.0. The Kier molecular flexibility index (Phi) is 6.97. The molecule has 2 nitrogen and oxygen atoms in total. The highest BCUT2D eigenvalue weighted by molar-refractivity contribution is 7.98. The Hall–Kier alpha value is -2.23. The maximum Gasteiger partial charge on any atom is 0.126 e. The van der Waals surface area contributed by atoms with E-state index >= 15 is 0 Å². The van der Waals surface area contributed by atoms with Crippen LogP contribution in [0.1, 0.15) is 24.1 Å². The van der Waals surface area contributed by atoms with Gasteiger partial charge in [-0.15, -0.1) is 11.8 Å². The van der Waals surface area contributed by atoms with E-state index in [0.29, 0.717) is 6.04 Å². The molecule has 0 aromatic heterocycles. The van der Waals surface area contributed by atoms with Crippen molar-refractivity contribution in [2.75, 3.05) is 19.9 Å². The van der Waals surface area contributed by atoms with Gasteiger partial charge in [-0.1, -0.05) is 54.6 Å². The second kappa shape index (κ2) is 9.63. The van der Waals surface area contributed by atoms with Crippen molar-refractivity contribution >= 4 is 11.8 Å². The second-order valence-corrected chi connectivity index (χ2v) is 7.48. The van der Waals surface area contributed by atoms with Gasteiger partial charge in [0, 0.05) is 16.5 Å². The lowest BCUT2D eigenvalue weighted by atomic mass is 10.0. The molecular formula is C24H27NOS. The third-order valence-corrected chi connectivity index (χ3v) is 5.60. The first-order chi connectivity index (χ1) is 13.2. The molecule has 27 heavy (non-hydrogen) atoms. The number of ether oxygens (including phenoxy) is 1. The molecule has 0 saturated heterocycles. The van der Waals surface area contributed by atoms with Crippen molar-refractivity contribution < 1.29 is 4.74 Å². The maximum atomic E-state index is 5.47. The molecule has 0 aliphatic carbocycles. The number of benzene rings is 3. The van der Waals surface area contributed by atoms with Crippen molar-refractivity contribution in [1.82, 2.24) is 5.32 Å². The molecule has 1 unspecified atom stereocenters. The van der Waals surface area contributed by atoms with Crippen LogP contribution in [0.3, 0.4) is 0 Å². The van der Waals surface area contributed by atoms with Gasteiger partial charge in [-0.2, -0.15) is 0 Å². The van der Waals surface area contributed by atoms with E-state index < -0.39 is 0 Å². The van der Waals surface area contributed by atoms with Crippen molar-refractivity contribution in [2.24, 2.45) is 0 Å². The van der Waals surface area contributed by atoms with E-state index in [1.165, 1.54) is 21.6 Å². The summed E-state index contributed by atoms with van der Waals surface area (Å²) in [7, 11) is 1.72. The number of para-hydroxylation sites is 1. The third-order valence-electron chi connectivity index (χ3n) is 4.85. The summed E-state index contributed by atoms with van der Waals surface area (Å²) >= 11 is 1.78. The fourth-order valence-corrected chi connectivity index (χ4v) is 3.59. The van der Waals surface area contributed by atoms with Gasteiger partial charge in [-0.25, -0.2) is 0 Å². The van der Waals surface area contributed by atoms with E-state index in [1.807, 2.05) is 18.2 Å². The molecule has 0 bridgehead atoms. The number of rotatable bonds is 8. The summed E-state index contributed by atoms with van der Waals surface area (Å²) in [6.45, 7) is 3.18. The zero-order valence-electron chi connectivity index (χ0n) is 16.2. The molecule has 140 valence electrons. The largest absolute Gasteiger partial charge is 0.496 e. The molecule has 0 saturated carbocycles. The number of hydrogen-bond acceptors (Lipinski definition) is 3. The van der Waals surface area contributed by atoms with Gasteiger partial charge in [-0.05, 0) is 61.0 Å². The Morgan fingerprint density at radius 1 is 0.926 bits per heavy atom. The molecule has 0 heterocycles. The van der Waals surface area contributed by atoms with E-state index in [2.05, 4.69) is 73.1 Å². The minimum atomic E-state index is 0.321. The van der Waals surface area contributed by atoms with Gasteiger partial charge in [0.1, 0.15) is 5.75 Å². The first-order valence-corrected chi connectivity index (χ1v) is 10.5. The molecule has 0 aliphatic rings. The lowest BCUT2D eigenvalue weighted by Crippen LogP contribution is -2.21. The van der Waals surface area contributed by atoms with E-state index in [1.54, 1.807) is 18.9 Å². The number of methoxy groups -OCH3 is 1. The van der Waals surface area contributed by atoms with Crippen molar-refractivity contribution in [1.29, 1.82) is 0 Å². The van der Waals surface area contributed by atoms with Crippen LogP contribution in [-0.4, -0.2) is 19.9 Å². The summed E-state index contributed by atoms with van der Waals surface area (Å²) in [6.07, 6.45) is 3.15. The highest BCUT2D eigenvalue weighted by Crippen LogP contribution is 2.30. The lowest BCUT2D eigenvalue weighted by molar-refractivity contribution is 0.416. The van der Waals surface area contributed by atoms with Gasteiger partial charge in [0.15, 0.2) is 0 Å². The molecule has 0 radical (unpaired) electrons. The standard InChI is InChI=1S/C24H27NOS/c1-18(25-17-16-19-8-14-22(27-3)15-9-19)20-10-12-21(13-11-20)23-6-4-5-7-24(23)26-2/h4-15,18,25H,16-17H2,1-3H3. The quantitative estimate of drug-likeness (QED) is 0.488. The van der Waals surface area contributed by atoms with Crippen LogP contribution >= 0.6 is 11.8 Å². The highest BCUT2D eigenvalue weighted by Gasteiger charge is 2.08. The van der Waals surface area contributed by atoms with Gasteiger partial charge in [0.05, 0.1) is 7.11 Å². The minimum Gasteiger partial charge on any atom is -0.496 e. The van der Waals surface area contributed by atoms with Crippen LogP contribution in [0.25, 0.3) is 11.1 Å². The van der Waals surface area contributed by atoms with Gasteiger partial charge in [0.2, 0.25) is 0 Å². The molecule has 0 spiro atoms. The van der Waals surface area contributed by atoms with E-state index in [9.17, 15) is 0 Å². The molecule has 1 N–H and O–H groups in total. The summed E-state index contributed by atoms with van der Waals surface area (Å²) in [4.78, 5) is 1.32. The van der Waals surface area contributed by atoms with Crippen LogP contribution in [0.5, 0.6) is 5.75 Å². The van der Waals surface area contributed by atoms with Crippen LogP contribution < -0.4 is 10.1 Å². The number of hydrogen-bond donors (Lipinski definition) is 1. The maximum absolute atomic E-state index is 5.47. The Morgan fingerprint density at radius 2 is 1.63 bits per heavy atom. The SMILES string of the molecule is COc1ccccc1-c1ccc(C(C)NCCc2ccc(SC)cc2)cc1. The third kappa shape index (κ3) is 5.15. The highest BCUT2D eigenvalue weighted by atomic mass is 32.2. The summed E-state index contributed by atoms with van der Waals surface area (Å²) in [5, 5.41) is 3.63. The van der Waals surface area contributed by atoms with Crippen LogP contribution in [0, 0.1) is 0 Å². The Labute approximate surface area is 167 Å². The molecule has 1 atom stereocenters. The zero-order chi connectivity index (χ0) is 19.1. The Morgan fingerprint density at radius 3 is 2.30 bits per heavy atom. The molecule has 3 aromatic carbocycles. The van der Waals surface area contributed by atoms with Crippen molar-refractivity contribution in [3.05, 3.63) is 83.9 Å². The predicted molar refractivity (Wildman–Crippen MR) is 117 cm³/mol. The fourth-order valence-electron chi connectivity index (χ4n) is 3.18. The van der Waals surface area contributed by atoms with E-state index in [4.69, 9.17) is 4.74 Å². The van der Waals surface area contributed by atoms with Gasteiger partial charge >= 0.3 is 0 Å². The smallest absolute Gasteiger partial charge is 0.126 e. The van der Waals surface area contributed by atoms with Gasteiger partial charge < -0.3 is 10.1 Å². The topological polar surface area (TPSA) is 21.3 Å². The van der Waals surface area contributed by atoms with Gasteiger partial charge in [0.25, 0.3) is 0 Å². The minimum absolute atomic E-state index is 0.321. The first kappa shape index (κ1) is 19.5. The summed E-state index contributed by atoms with van der Waals surface area (Å²) in [5.41, 5.74) is 4.98. The molecule has 3 aromatic rings. The molecule has 0 fully saturated rings. The molecule has 3 heteroatoms. The second-order valence-electron chi connectivity index (χ2n) is 6.60. The van der Waals surface area contributed by atoms with Gasteiger partial charge in [-0.3, -0.25) is 0 Å². The molecule has 3 rings (SSSR count).